The molecule has 1 aromatic rings. The van der Waals surface area contributed by atoms with E-state index < -0.39 is 0 Å². The second kappa shape index (κ2) is 7.12. The number of hydrogen-bond acceptors (Lipinski definition) is 3. The topological polar surface area (TPSA) is 24.5 Å². The first-order chi connectivity index (χ1) is 10.2. The van der Waals surface area contributed by atoms with Crippen molar-refractivity contribution in [2.75, 3.05) is 33.3 Å². The summed E-state index contributed by atoms with van der Waals surface area (Å²) in [7, 11) is 2.23. The van der Waals surface area contributed by atoms with E-state index in [1.165, 1.54) is 37.9 Å². The van der Waals surface area contributed by atoms with Gasteiger partial charge in [0, 0.05) is 22.5 Å². The minimum absolute atomic E-state index is 0.442. The molecule has 0 aromatic heterocycles. The molecule has 1 atom stereocenters. The van der Waals surface area contributed by atoms with Crippen molar-refractivity contribution < 1.29 is 4.74 Å². The quantitative estimate of drug-likeness (QED) is 0.895. The van der Waals surface area contributed by atoms with Crippen molar-refractivity contribution in [1.82, 2.24) is 10.2 Å². The van der Waals surface area contributed by atoms with Crippen molar-refractivity contribution in [3.8, 4) is 5.75 Å². The predicted octanol–water partition coefficient (Wildman–Crippen LogP) is 3.59. The Kier molecular flexibility index (Phi) is 5.19. The zero-order valence-corrected chi connectivity index (χ0v) is 14.4. The minimum Gasteiger partial charge on any atom is -0.493 e. The molecule has 4 heteroatoms. The molecular weight excluding hydrogens is 328 g/mol. The lowest BCUT2D eigenvalue weighted by Gasteiger charge is -2.30. The lowest BCUT2D eigenvalue weighted by Crippen LogP contribution is -2.33. The molecule has 2 aliphatic heterocycles. The first-order valence-electron chi connectivity index (χ1n) is 8.06. The minimum atomic E-state index is 0.442. The molecule has 0 bridgehead atoms. The number of hydrogen-bond donors (Lipinski definition) is 1. The summed E-state index contributed by atoms with van der Waals surface area (Å²) in [6, 6.07) is 6.77. The third kappa shape index (κ3) is 3.99. The standard InChI is InChI=1S/C17H25BrN2O/c1-20-9-5-13(6-10-20)4-8-19-16-7-11-21-17-3-2-14(18)12-15(16)17/h2-3,12-13,16,19H,4-11H2,1H3. The van der Waals surface area contributed by atoms with Crippen molar-refractivity contribution in [1.29, 1.82) is 0 Å². The number of fused-ring (bicyclic) bond motifs is 1. The molecule has 1 fully saturated rings. The molecule has 21 heavy (non-hydrogen) atoms. The van der Waals surface area contributed by atoms with Crippen molar-refractivity contribution in [3.05, 3.63) is 28.2 Å². The van der Waals surface area contributed by atoms with Crippen LogP contribution in [0.3, 0.4) is 0 Å². The SMILES string of the molecule is CN1CCC(CCNC2CCOc3ccc(Br)cc32)CC1. The maximum atomic E-state index is 5.75. The van der Waals surface area contributed by atoms with Crippen molar-refractivity contribution in [3.63, 3.8) is 0 Å². The normalized spacial score (nSPS) is 23.6. The average Bonchev–Trinajstić information content (AvgIpc) is 2.50. The molecule has 0 spiro atoms. The van der Waals surface area contributed by atoms with E-state index in [0.717, 1.165) is 35.7 Å². The maximum Gasteiger partial charge on any atom is 0.124 e. The van der Waals surface area contributed by atoms with E-state index in [2.05, 4.69) is 51.4 Å². The summed E-state index contributed by atoms with van der Waals surface area (Å²) in [5.41, 5.74) is 1.30. The van der Waals surface area contributed by atoms with Crippen LogP contribution in [-0.4, -0.2) is 38.2 Å². The van der Waals surface area contributed by atoms with Gasteiger partial charge in [0.2, 0.25) is 0 Å². The van der Waals surface area contributed by atoms with E-state index in [4.69, 9.17) is 4.74 Å². The highest BCUT2D eigenvalue weighted by Gasteiger charge is 2.22. The van der Waals surface area contributed by atoms with E-state index in [9.17, 15) is 0 Å². The maximum absolute atomic E-state index is 5.75. The fourth-order valence-corrected chi connectivity index (χ4v) is 3.77. The smallest absolute Gasteiger partial charge is 0.124 e. The molecule has 3 rings (SSSR count). The van der Waals surface area contributed by atoms with Crippen LogP contribution in [0.15, 0.2) is 22.7 Å². The number of benzene rings is 1. The first-order valence-corrected chi connectivity index (χ1v) is 8.86. The van der Waals surface area contributed by atoms with Gasteiger partial charge in [0.05, 0.1) is 6.61 Å². The Bertz CT molecular complexity index is 472. The Labute approximate surface area is 136 Å². The third-order valence-electron chi connectivity index (χ3n) is 4.79. The zero-order valence-electron chi connectivity index (χ0n) is 12.8. The fourth-order valence-electron chi connectivity index (χ4n) is 3.39. The van der Waals surface area contributed by atoms with Crippen LogP contribution >= 0.6 is 15.9 Å². The average molecular weight is 353 g/mol. The Morgan fingerprint density at radius 3 is 2.90 bits per heavy atom. The number of ether oxygens (including phenoxy) is 1. The van der Waals surface area contributed by atoms with Gasteiger partial charge in [0.15, 0.2) is 0 Å². The summed E-state index contributed by atoms with van der Waals surface area (Å²) in [5.74, 6) is 1.94. The number of likely N-dealkylation sites (tertiary alicyclic amines) is 1. The molecule has 1 unspecified atom stereocenters. The van der Waals surface area contributed by atoms with Crippen LogP contribution in [0.1, 0.15) is 37.3 Å². The number of rotatable bonds is 4. The molecule has 3 nitrogen and oxygen atoms in total. The van der Waals surface area contributed by atoms with Gasteiger partial charge < -0.3 is 15.0 Å². The van der Waals surface area contributed by atoms with E-state index >= 15 is 0 Å². The van der Waals surface area contributed by atoms with Crippen LogP contribution in [0.4, 0.5) is 0 Å². The summed E-state index contributed by atoms with van der Waals surface area (Å²) >= 11 is 3.57. The van der Waals surface area contributed by atoms with Crippen LogP contribution in [0.25, 0.3) is 0 Å². The number of halogens is 1. The van der Waals surface area contributed by atoms with Gasteiger partial charge in [0.1, 0.15) is 5.75 Å². The highest BCUT2D eigenvalue weighted by Crippen LogP contribution is 2.34. The largest absolute Gasteiger partial charge is 0.493 e. The Morgan fingerprint density at radius 1 is 1.29 bits per heavy atom. The van der Waals surface area contributed by atoms with Gasteiger partial charge in [-0.05, 0) is 70.1 Å². The van der Waals surface area contributed by atoms with Gasteiger partial charge in [-0.3, -0.25) is 0 Å². The van der Waals surface area contributed by atoms with E-state index in [-0.39, 0.29) is 0 Å². The first kappa shape index (κ1) is 15.3. The van der Waals surface area contributed by atoms with Gasteiger partial charge in [-0.2, -0.15) is 0 Å². The Morgan fingerprint density at radius 2 is 2.10 bits per heavy atom. The van der Waals surface area contributed by atoms with Crippen LogP contribution in [0.2, 0.25) is 0 Å². The van der Waals surface area contributed by atoms with Gasteiger partial charge in [-0.25, -0.2) is 0 Å². The van der Waals surface area contributed by atoms with Crippen LogP contribution in [0, 0.1) is 5.92 Å². The molecule has 0 saturated carbocycles. The molecule has 1 N–H and O–H groups in total. The molecule has 0 amide bonds. The van der Waals surface area contributed by atoms with Crippen LogP contribution < -0.4 is 10.1 Å². The molecule has 1 aromatic carbocycles. The monoisotopic (exact) mass is 352 g/mol. The van der Waals surface area contributed by atoms with Gasteiger partial charge in [-0.1, -0.05) is 15.9 Å². The van der Waals surface area contributed by atoms with Crippen molar-refractivity contribution in [2.45, 2.75) is 31.7 Å². The second-order valence-electron chi connectivity index (χ2n) is 6.36. The summed E-state index contributed by atoms with van der Waals surface area (Å²) in [6.45, 7) is 4.46. The summed E-state index contributed by atoms with van der Waals surface area (Å²) in [5, 5.41) is 3.75. The predicted molar refractivity (Wildman–Crippen MR) is 89.8 cm³/mol. The molecule has 2 heterocycles. The van der Waals surface area contributed by atoms with Gasteiger partial charge in [-0.15, -0.1) is 0 Å². The third-order valence-corrected chi connectivity index (χ3v) is 5.29. The molecule has 2 aliphatic rings. The lowest BCUT2D eigenvalue weighted by atomic mass is 9.93. The molecule has 0 aliphatic carbocycles. The molecule has 1 saturated heterocycles. The molecule has 116 valence electrons. The van der Waals surface area contributed by atoms with E-state index in [1.807, 2.05) is 0 Å². The zero-order chi connectivity index (χ0) is 14.7. The van der Waals surface area contributed by atoms with Crippen LogP contribution in [-0.2, 0) is 0 Å². The Balaban J connectivity index is 1.51. The summed E-state index contributed by atoms with van der Waals surface area (Å²) in [4.78, 5) is 2.44. The van der Waals surface area contributed by atoms with Crippen molar-refractivity contribution >= 4 is 15.9 Å². The van der Waals surface area contributed by atoms with E-state index in [1.54, 1.807) is 0 Å². The van der Waals surface area contributed by atoms with Crippen LogP contribution in [0.5, 0.6) is 5.75 Å². The number of nitrogens with one attached hydrogen (secondary N) is 1. The number of piperidine rings is 1. The fraction of sp³-hybridized carbons (Fsp3) is 0.647. The molecular formula is C17H25BrN2O. The lowest BCUT2D eigenvalue weighted by molar-refractivity contribution is 0.206. The van der Waals surface area contributed by atoms with Gasteiger partial charge in [0.25, 0.3) is 0 Å². The summed E-state index contributed by atoms with van der Waals surface area (Å²) < 4.78 is 6.88. The van der Waals surface area contributed by atoms with Crippen molar-refractivity contribution in [2.24, 2.45) is 5.92 Å². The highest BCUT2D eigenvalue weighted by atomic mass is 79.9. The molecule has 0 radical (unpaired) electrons. The van der Waals surface area contributed by atoms with Gasteiger partial charge >= 0.3 is 0 Å². The van der Waals surface area contributed by atoms with E-state index in [0.29, 0.717) is 6.04 Å². The Hall–Kier alpha value is -0.580. The summed E-state index contributed by atoms with van der Waals surface area (Å²) in [6.07, 6.45) is 5.08. The highest BCUT2D eigenvalue weighted by molar-refractivity contribution is 9.10. The number of nitrogens with zero attached hydrogens (tertiary/aromatic N) is 1. The second-order valence-corrected chi connectivity index (χ2v) is 7.28.